The summed E-state index contributed by atoms with van der Waals surface area (Å²) in [4.78, 5) is 0. The Morgan fingerprint density at radius 3 is 2.67 bits per heavy atom. The van der Waals surface area contributed by atoms with Gasteiger partial charge in [0.1, 0.15) is 0 Å². The predicted molar refractivity (Wildman–Crippen MR) is 49.9 cm³/mol. The Balaban J connectivity index is 2.91. The van der Waals surface area contributed by atoms with Gasteiger partial charge >= 0.3 is 0 Å². The van der Waals surface area contributed by atoms with Gasteiger partial charge in [-0.2, -0.15) is 0 Å². The highest BCUT2D eigenvalue weighted by atomic mass is 33.1. The third-order valence-corrected chi connectivity index (χ3v) is 2.99. The molecule has 0 aromatic heterocycles. The monoisotopic (exact) mass is 160 g/mol. The van der Waals surface area contributed by atoms with Crippen LogP contribution in [0.1, 0.15) is 6.92 Å². The maximum Gasteiger partial charge on any atom is 0.0242 e. The van der Waals surface area contributed by atoms with Gasteiger partial charge in [-0.25, -0.2) is 0 Å². The molecule has 0 bridgehead atoms. The van der Waals surface area contributed by atoms with E-state index in [-0.39, 0.29) is 0 Å². The van der Waals surface area contributed by atoms with Crippen LogP contribution in [-0.4, -0.2) is 11.5 Å². The molecule has 9 heavy (non-hydrogen) atoms. The van der Waals surface area contributed by atoms with Crippen LogP contribution in [-0.2, 0) is 0 Å². The van der Waals surface area contributed by atoms with Gasteiger partial charge in [0, 0.05) is 11.5 Å². The fraction of sp³-hybridized carbons (Fsp3) is 0.429. The van der Waals surface area contributed by atoms with Crippen LogP contribution in [0.2, 0.25) is 0 Å². The lowest BCUT2D eigenvalue weighted by Gasteiger charge is -1.95. The van der Waals surface area contributed by atoms with E-state index in [1.54, 1.807) is 0 Å². The highest BCUT2D eigenvalue weighted by Gasteiger charge is 1.86. The number of hydrogen-bond donors (Lipinski definition) is 0. The molecule has 0 spiro atoms. The molecule has 0 fully saturated rings. The second-order valence-corrected chi connectivity index (χ2v) is 4.30. The van der Waals surface area contributed by atoms with E-state index < -0.39 is 0 Å². The lowest BCUT2D eigenvalue weighted by atomic mass is 10.4. The van der Waals surface area contributed by atoms with Crippen molar-refractivity contribution in [2.24, 2.45) is 0 Å². The fourth-order valence-electron chi connectivity index (χ4n) is 0.238. The predicted octanol–water partition coefficient (Wildman–Crippen LogP) is 3.13. The molecule has 2 heteroatoms. The number of rotatable bonds is 5. The zero-order chi connectivity index (χ0) is 7.11. The van der Waals surface area contributed by atoms with Crippen LogP contribution >= 0.6 is 21.6 Å². The van der Waals surface area contributed by atoms with Crippen LogP contribution in [0.3, 0.4) is 0 Å². The maximum atomic E-state index is 3.79. The van der Waals surface area contributed by atoms with E-state index in [2.05, 4.69) is 13.2 Å². The molecular formula is C7H12S2. The van der Waals surface area contributed by atoms with Gasteiger partial charge in [0.2, 0.25) is 0 Å². The Labute approximate surface area is 65.2 Å². The highest BCUT2D eigenvalue weighted by Crippen LogP contribution is 2.22. The first-order valence-corrected chi connectivity index (χ1v) is 5.26. The average Bonchev–Trinajstić information content (AvgIpc) is 1.80. The van der Waals surface area contributed by atoms with Gasteiger partial charge in [-0.15, -0.1) is 6.58 Å². The zero-order valence-electron chi connectivity index (χ0n) is 5.72. The summed E-state index contributed by atoms with van der Waals surface area (Å²) in [7, 11) is 3.65. The largest absolute Gasteiger partial charge is 0.102 e. The Kier molecular flexibility index (Phi) is 6.43. The van der Waals surface area contributed by atoms with Crippen molar-refractivity contribution in [1.29, 1.82) is 0 Å². The molecule has 52 valence electrons. The lowest BCUT2D eigenvalue weighted by molar-refractivity contribution is 1.45. The van der Waals surface area contributed by atoms with Gasteiger partial charge in [-0.3, -0.25) is 0 Å². The van der Waals surface area contributed by atoms with Crippen LogP contribution in [0.5, 0.6) is 0 Å². The highest BCUT2D eigenvalue weighted by molar-refractivity contribution is 8.76. The second kappa shape index (κ2) is 6.30. The first-order valence-electron chi connectivity index (χ1n) is 2.77. The molecule has 0 unspecified atom stereocenters. The summed E-state index contributed by atoms with van der Waals surface area (Å²) in [6.45, 7) is 9.46. The maximum absolute atomic E-state index is 3.79. The summed E-state index contributed by atoms with van der Waals surface area (Å²) in [5.41, 5.74) is 1.23. The van der Waals surface area contributed by atoms with Gasteiger partial charge in [0.05, 0.1) is 0 Å². The Hall–Kier alpha value is 0.180. The van der Waals surface area contributed by atoms with Gasteiger partial charge < -0.3 is 0 Å². The molecule has 0 radical (unpaired) electrons. The molecule has 0 aliphatic carbocycles. The molecule has 0 saturated carbocycles. The van der Waals surface area contributed by atoms with Crippen molar-refractivity contribution in [3.8, 4) is 0 Å². The molecule has 0 amide bonds. The van der Waals surface area contributed by atoms with Gasteiger partial charge in [-0.05, 0) is 6.92 Å². The molecule has 0 aliphatic rings. The van der Waals surface area contributed by atoms with Crippen LogP contribution in [0.4, 0.5) is 0 Å². The first-order chi connectivity index (χ1) is 4.27. The third-order valence-electron chi connectivity index (χ3n) is 0.575. The van der Waals surface area contributed by atoms with Crippen molar-refractivity contribution < 1.29 is 0 Å². The lowest BCUT2D eigenvalue weighted by Crippen LogP contribution is -1.74. The summed E-state index contributed by atoms with van der Waals surface area (Å²) in [5, 5.41) is 0. The second-order valence-electron chi connectivity index (χ2n) is 1.79. The minimum Gasteiger partial charge on any atom is -0.102 e. The van der Waals surface area contributed by atoms with Crippen LogP contribution in [0.25, 0.3) is 0 Å². The minimum absolute atomic E-state index is 1.03. The molecule has 0 atom stereocenters. The van der Waals surface area contributed by atoms with E-state index in [1.165, 1.54) is 5.57 Å². The molecule has 0 rings (SSSR count). The zero-order valence-corrected chi connectivity index (χ0v) is 7.36. The summed E-state index contributed by atoms with van der Waals surface area (Å²) in [6.07, 6.45) is 1.91. The van der Waals surface area contributed by atoms with Gasteiger partial charge in [0.25, 0.3) is 0 Å². The Morgan fingerprint density at radius 2 is 2.22 bits per heavy atom. The molecule has 0 heterocycles. The number of hydrogen-bond acceptors (Lipinski definition) is 2. The molecule has 0 aromatic rings. The van der Waals surface area contributed by atoms with Gasteiger partial charge in [-0.1, -0.05) is 39.8 Å². The van der Waals surface area contributed by atoms with Crippen LogP contribution < -0.4 is 0 Å². The molecule has 0 saturated heterocycles. The SMILES string of the molecule is C=CCSSCC(=C)C. The smallest absolute Gasteiger partial charge is 0.0242 e. The summed E-state index contributed by atoms with van der Waals surface area (Å²) in [6, 6.07) is 0. The minimum atomic E-state index is 1.03. The van der Waals surface area contributed by atoms with Crippen LogP contribution in [0.15, 0.2) is 24.8 Å². The average molecular weight is 160 g/mol. The van der Waals surface area contributed by atoms with Crippen molar-refractivity contribution >= 4 is 21.6 Å². The first kappa shape index (κ1) is 9.18. The normalized spacial score (nSPS) is 9.00. The Bertz CT molecular complexity index is 97.1. The molecule has 0 N–H and O–H groups in total. The van der Waals surface area contributed by atoms with E-state index in [4.69, 9.17) is 0 Å². The van der Waals surface area contributed by atoms with Gasteiger partial charge in [0.15, 0.2) is 0 Å². The Morgan fingerprint density at radius 1 is 1.56 bits per heavy atom. The summed E-state index contributed by atoms with van der Waals surface area (Å²) in [5.74, 6) is 2.08. The van der Waals surface area contributed by atoms with E-state index in [1.807, 2.05) is 34.6 Å². The molecular weight excluding hydrogens is 148 g/mol. The molecule has 0 aliphatic heterocycles. The van der Waals surface area contributed by atoms with E-state index >= 15 is 0 Å². The molecule has 0 nitrogen and oxygen atoms in total. The third kappa shape index (κ3) is 8.18. The standard InChI is InChI=1S/C7H12S2/c1-4-5-8-9-6-7(2)3/h4H,1-2,5-6H2,3H3. The quantitative estimate of drug-likeness (QED) is 0.344. The van der Waals surface area contributed by atoms with Crippen molar-refractivity contribution in [3.05, 3.63) is 24.8 Å². The van der Waals surface area contributed by atoms with Crippen molar-refractivity contribution in [1.82, 2.24) is 0 Å². The summed E-state index contributed by atoms with van der Waals surface area (Å²) < 4.78 is 0. The topological polar surface area (TPSA) is 0 Å². The summed E-state index contributed by atoms with van der Waals surface area (Å²) >= 11 is 0. The van der Waals surface area contributed by atoms with E-state index in [0.29, 0.717) is 0 Å². The van der Waals surface area contributed by atoms with E-state index in [9.17, 15) is 0 Å². The molecule has 0 aromatic carbocycles. The van der Waals surface area contributed by atoms with Crippen LogP contribution in [0, 0.1) is 0 Å². The van der Waals surface area contributed by atoms with Crippen molar-refractivity contribution in [2.75, 3.05) is 11.5 Å². The van der Waals surface area contributed by atoms with Crippen molar-refractivity contribution in [3.63, 3.8) is 0 Å². The van der Waals surface area contributed by atoms with Crippen molar-refractivity contribution in [2.45, 2.75) is 6.92 Å². The van der Waals surface area contributed by atoms with E-state index in [0.717, 1.165) is 11.5 Å². The fourth-order valence-corrected chi connectivity index (χ4v) is 2.15.